The van der Waals surface area contributed by atoms with Gasteiger partial charge in [-0.1, -0.05) is 39.5 Å². The highest BCUT2D eigenvalue weighted by Gasteiger charge is 2.24. The van der Waals surface area contributed by atoms with Crippen LogP contribution in [0.15, 0.2) is 0 Å². The van der Waals surface area contributed by atoms with Crippen molar-refractivity contribution < 1.29 is 9.59 Å². The Morgan fingerprint density at radius 3 is 2.14 bits per heavy atom. The second kappa shape index (κ2) is 13.0. The molecule has 0 bridgehead atoms. The quantitative estimate of drug-likeness (QED) is 0.470. The maximum absolute atomic E-state index is 12.4. The van der Waals surface area contributed by atoms with Gasteiger partial charge in [0.15, 0.2) is 0 Å². The van der Waals surface area contributed by atoms with Gasteiger partial charge < -0.3 is 4.79 Å². The van der Waals surface area contributed by atoms with Gasteiger partial charge in [0.05, 0.1) is 6.04 Å². The Morgan fingerprint density at radius 2 is 1.77 bits per heavy atom. The van der Waals surface area contributed by atoms with E-state index < -0.39 is 15.7 Å². The molecule has 0 saturated carbocycles. The molecule has 0 heterocycles. The number of hydrogen-bond donors (Lipinski definition) is 0. The number of carbonyl (C=O) groups excluding carboxylic acids is 2. The lowest BCUT2D eigenvalue weighted by molar-refractivity contribution is -0.122. The molecule has 0 N–H and O–H groups in total. The molecule has 0 rings (SSSR count). The number of rotatable bonds is 12. The summed E-state index contributed by atoms with van der Waals surface area (Å²) in [5.74, 6) is 0.612. The van der Waals surface area contributed by atoms with E-state index in [9.17, 15) is 9.59 Å². The molecular weight excluding hydrogens is 374 g/mol. The first-order valence-corrected chi connectivity index (χ1v) is 13.8. The van der Waals surface area contributed by atoms with Crippen LogP contribution in [0.2, 0.25) is 0 Å². The molecule has 3 unspecified atom stereocenters. The summed E-state index contributed by atoms with van der Waals surface area (Å²) in [7, 11) is 0.457. The van der Waals surface area contributed by atoms with Crippen molar-refractivity contribution in [2.45, 2.75) is 58.4 Å². The second-order valence-electron chi connectivity index (χ2n) is 5.29. The van der Waals surface area contributed by atoms with Gasteiger partial charge in [-0.3, -0.25) is 4.79 Å². The first-order chi connectivity index (χ1) is 10.4. The van der Waals surface area contributed by atoms with E-state index in [1.54, 1.807) is 0 Å². The van der Waals surface area contributed by atoms with E-state index >= 15 is 0 Å². The zero-order chi connectivity index (χ0) is 17.1. The lowest BCUT2D eigenvalue weighted by Crippen LogP contribution is -2.39. The summed E-state index contributed by atoms with van der Waals surface area (Å²) in [6, 6.07) is -0.439. The molecule has 0 aromatic rings. The van der Waals surface area contributed by atoms with Gasteiger partial charge in [-0.2, -0.15) is 3.71 Å². The van der Waals surface area contributed by atoms with Crippen LogP contribution in [0, 0.1) is 5.92 Å². The molecule has 0 fully saturated rings. The average molecular weight is 402 g/mol. The fraction of sp³-hybridized carbons (Fsp3) is 0.857. The van der Waals surface area contributed by atoms with Crippen LogP contribution in [-0.2, 0) is 60.1 Å². The summed E-state index contributed by atoms with van der Waals surface area (Å²) in [5, 5.41) is 0. The van der Waals surface area contributed by atoms with Crippen LogP contribution in [0.3, 0.4) is 0 Å². The fourth-order valence-electron chi connectivity index (χ4n) is 2.54. The molecule has 0 spiro atoms. The number of nitrogens with zero attached hydrogens (tertiary/aromatic N) is 1. The van der Waals surface area contributed by atoms with Crippen molar-refractivity contribution in [3.63, 3.8) is 0 Å². The summed E-state index contributed by atoms with van der Waals surface area (Å²) in [6.45, 7) is 4.29. The standard InChI is InChI=1S/C14H27NO2S5/c1-5-7-12(8-6-2)9-14(17)10-13(11-16)15(21(3)19)22(4)20-18/h11-13H,5-10H2,1-4H3. The van der Waals surface area contributed by atoms with E-state index in [4.69, 9.17) is 22.4 Å². The van der Waals surface area contributed by atoms with Gasteiger partial charge in [0.2, 0.25) is 0 Å². The molecular formula is C14H27NO2S5. The molecule has 0 radical (unpaired) electrons. The third-order valence-electron chi connectivity index (χ3n) is 3.38. The van der Waals surface area contributed by atoms with Gasteiger partial charge in [0.1, 0.15) is 12.1 Å². The van der Waals surface area contributed by atoms with E-state index in [-0.39, 0.29) is 21.8 Å². The number of ketones is 1. The van der Waals surface area contributed by atoms with Crippen LogP contribution >= 0.6 is 0 Å². The van der Waals surface area contributed by atoms with E-state index in [0.717, 1.165) is 32.0 Å². The minimum Gasteiger partial charge on any atom is -0.302 e. The first kappa shape index (κ1) is 22.7. The lowest BCUT2D eigenvalue weighted by atomic mass is 9.91. The molecule has 3 atom stereocenters. The van der Waals surface area contributed by atoms with E-state index in [0.29, 0.717) is 12.3 Å². The molecule has 3 nitrogen and oxygen atoms in total. The Bertz CT molecular complexity index is 443. The number of carbonyl (C=O) groups is 2. The number of Topliss-reactive ketones (excluding diaryl/α,β-unsaturated/α-hetero) is 1. The van der Waals surface area contributed by atoms with Gasteiger partial charge in [-0.05, 0) is 56.5 Å². The maximum Gasteiger partial charge on any atom is 0.139 e. The van der Waals surface area contributed by atoms with E-state index in [1.165, 1.54) is 8.88 Å². The summed E-state index contributed by atoms with van der Waals surface area (Å²) in [4.78, 5) is 23.8. The molecule has 8 heteroatoms. The summed E-state index contributed by atoms with van der Waals surface area (Å²) in [5.41, 5.74) is 0. The Morgan fingerprint density at radius 1 is 1.23 bits per heavy atom. The predicted molar refractivity (Wildman–Crippen MR) is 108 cm³/mol. The normalized spacial score (nSPS) is 15.5. The van der Waals surface area contributed by atoms with Crippen molar-refractivity contribution >= 4 is 62.6 Å². The van der Waals surface area contributed by atoms with Crippen LogP contribution in [0.4, 0.5) is 0 Å². The van der Waals surface area contributed by atoms with Gasteiger partial charge in [0.25, 0.3) is 0 Å². The minimum absolute atomic E-state index is 0.167. The molecule has 0 aromatic heterocycles. The smallest absolute Gasteiger partial charge is 0.139 e. The van der Waals surface area contributed by atoms with Crippen molar-refractivity contribution in [1.29, 1.82) is 0 Å². The lowest BCUT2D eigenvalue weighted by Gasteiger charge is -2.27. The fourth-order valence-corrected chi connectivity index (χ4v) is 8.83. The van der Waals surface area contributed by atoms with Crippen LogP contribution in [-0.4, -0.2) is 34.3 Å². The Hall–Kier alpha value is 0.660. The zero-order valence-electron chi connectivity index (χ0n) is 13.8. The number of aldehydes is 1. The largest absolute Gasteiger partial charge is 0.302 e. The van der Waals surface area contributed by atoms with Crippen LogP contribution in [0.5, 0.6) is 0 Å². The maximum atomic E-state index is 12.4. The molecule has 0 aliphatic heterocycles. The second-order valence-corrected chi connectivity index (χ2v) is 12.7. The monoisotopic (exact) mass is 401 g/mol. The molecule has 0 aliphatic rings. The third kappa shape index (κ3) is 8.49. The first-order valence-electron chi connectivity index (χ1n) is 7.47. The Balaban J connectivity index is 4.90. The summed E-state index contributed by atoms with van der Waals surface area (Å²) >= 11 is 10.4. The zero-order valence-corrected chi connectivity index (χ0v) is 17.9. The van der Waals surface area contributed by atoms with Crippen molar-refractivity contribution in [1.82, 2.24) is 3.71 Å². The SMILES string of the molecule is CCCC(CCC)CC(=O)CC(C=O)N(S(C)=S)S(C)=S=S. The van der Waals surface area contributed by atoms with Crippen LogP contribution in [0.1, 0.15) is 52.4 Å². The Kier molecular flexibility index (Phi) is 13.4. The van der Waals surface area contributed by atoms with Gasteiger partial charge >= 0.3 is 0 Å². The highest BCUT2D eigenvalue weighted by atomic mass is 33.1. The van der Waals surface area contributed by atoms with Crippen LogP contribution < -0.4 is 0 Å². The number of hydrogen-bond acceptors (Lipinski definition) is 4. The molecule has 0 amide bonds. The van der Waals surface area contributed by atoms with E-state index in [2.05, 4.69) is 13.8 Å². The Labute approximate surface area is 152 Å². The van der Waals surface area contributed by atoms with Gasteiger partial charge in [-0.25, -0.2) is 0 Å². The van der Waals surface area contributed by atoms with Crippen molar-refractivity contribution in [3.8, 4) is 0 Å². The van der Waals surface area contributed by atoms with E-state index in [1.807, 2.05) is 16.2 Å². The highest BCUT2D eigenvalue weighted by molar-refractivity contribution is 8.50. The van der Waals surface area contributed by atoms with Crippen molar-refractivity contribution in [2.24, 2.45) is 5.92 Å². The summed E-state index contributed by atoms with van der Waals surface area (Å²) < 4.78 is 1.92. The topological polar surface area (TPSA) is 37.4 Å². The van der Waals surface area contributed by atoms with Crippen molar-refractivity contribution in [2.75, 3.05) is 12.5 Å². The molecule has 130 valence electrons. The molecule has 0 aliphatic carbocycles. The molecule has 0 aromatic carbocycles. The van der Waals surface area contributed by atoms with Gasteiger partial charge in [-0.15, -0.1) is 0 Å². The summed E-state index contributed by atoms with van der Waals surface area (Å²) in [6.07, 6.45) is 9.89. The van der Waals surface area contributed by atoms with Gasteiger partial charge in [0, 0.05) is 25.4 Å². The van der Waals surface area contributed by atoms with Crippen molar-refractivity contribution in [3.05, 3.63) is 0 Å². The predicted octanol–water partition coefficient (Wildman–Crippen LogP) is 2.67. The van der Waals surface area contributed by atoms with Crippen LogP contribution in [0.25, 0.3) is 0 Å². The minimum atomic E-state index is -0.491. The molecule has 22 heavy (non-hydrogen) atoms. The average Bonchev–Trinajstić information content (AvgIpc) is 2.46. The molecule has 0 saturated heterocycles. The highest BCUT2D eigenvalue weighted by Crippen LogP contribution is 2.20. The third-order valence-corrected chi connectivity index (χ3v) is 10.4.